The molecule has 4 heteroatoms. The summed E-state index contributed by atoms with van der Waals surface area (Å²) in [5.74, 6) is -1.01. The average molecular weight is 135 g/mol. The fourth-order valence-corrected chi connectivity index (χ4v) is 0.394. The molecule has 0 fully saturated rings. The molecule has 0 aliphatic rings. The second-order valence-electron chi connectivity index (χ2n) is 1.42. The van der Waals surface area contributed by atoms with E-state index in [0.717, 1.165) is 12.1 Å². The molecule has 1 radical (unpaired) electrons. The van der Waals surface area contributed by atoms with Crippen LogP contribution in [0.2, 0.25) is 0 Å². The number of hydrogen-bond acceptors (Lipinski definition) is 1. The van der Waals surface area contributed by atoms with E-state index in [0.29, 0.717) is 0 Å². The van der Waals surface area contributed by atoms with Crippen molar-refractivity contribution in [2.45, 2.75) is 6.18 Å². The molecule has 0 aromatic carbocycles. The number of alkyl halides is 3. The molecule has 0 atom stereocenters. The normalized spacial score (nSPS) is 11.9. The van der Waals surface area contributed by atoms with Gasteiger partial charge in [-0.25, -0.2) is 0 Å². The fourth-order valence-electron chi connectivity index (χ4n) is 0.394. The molecule has 0 saturated heterocycles. The Balaban J connectivity index is 2.90. The standard InChI is InChI=1S/C5H2F3O/c6-5(7,8)4-2-1-3-9-4/h1-2H. The minimum atomic E-state index is -4.38. The summed E-state index contributed by atoms with van der Waals surface area (Å²) in [4.78, 5) is 0. The van der Waals surface area contributed by atoms with E-state index in [2.05, 4.69) is 4.42 Å². The van der Waals surface area contributed by atoms with Gasteiger partial charge in [0.15, 0.2) is 6.26 Å². The van der Waals surface area contributed by atoms with Gasteiger partial charge in [-0.15, -0.1) is 0 Å². The molecule has 49 valence electrons. The quantitative estimate of drug-likeness (QED) is 0.530. The Morgan fingerprint density at radius 2 is 2.11 bits per heavy atom. The highest BCUT2D eigenvalue weighted by Gasteiger charge is 2.33. The van der Waals surface area contributed by atoms with Gasteiger partial charge in [-0.05, 0) is 12.1 Å². The Morgan fingerprint density at radius 3 is 2.33 bits per heavy atom. The predicted octanol–water partition coefficient (Wildman–Crippen LogP) is 2.10. The fraction of sp³-hybridized carbons (Fsp3) is 0.200. The van der Waals surface area contributed by atoms with Crippen molar-refractivity contribution >= 4 is 0 Å². The van der Waals surface area contributed by atoms with Gasteiger partial charge in [0.2, 0.25) is 5.76 Å². The van der Waals surface area contributed by atoms with Crippen molar-refractivity contribution in [1.82, 2.24) is 0 Å². The van der Waals surface area contributed by atoms with Crippen LogP contribution in [0.4, 0.5) is 13.2 Å². The molecule has 0 aliphatic carbocycles. The molecule has 1 aromatic rings. The summed E-state index contributed by atoms with van der Waals surface area (Å²) < 4.78 is 38.5. The van der Waals surface area contributed by atoms with Crippen LogP contribution < -0.4 is 0 Å². The number of rotatable bonds is 0. The maximum atomic E-state index is 11.5. The molecule has 0 N–H and O–H groups in total. The van der Waals surface area contributed by atoms with Crippen molar-refractivity contribution in [3.05, 3.63) is 24.2 Å². The first kappa shape index (κ1) is 6.19. The Bertz CT molecular complexity index is 175. The van der Waals surface area contributed by atoms with E-state index in [9.17, 15) is 13.2 Å². The second-order valence-corrected chi connectivity index (χ2v) is 1.42. The van der Waals surface area contributed by atoms with E-state index in [1.54, 1.807) is 0 Å². The summed E-state index contributed by atoms with van der Waals surface area (Å²) in [6.07, 6.45) is -2.43. The first-order valence-electron chi connectivity index (χ1n) is 2.14. The van der Waals surface area contributed by atoms with Gasteiger partial charge in [0.25, 0.3) is 0 Å². The van der Waals surface area contributed by atoms with Crippen LogP contribution in [-0.4, -0.2) is 0 Å². The topological polar surface area (TPSA) is 13.1 Å². The van der Waals surface area contributed by atoms with E-state index in [1.807, 2.05) is 6.26 Å². The van der Waals surface area contributed by atoms with Crippen molar-refractivity contribution < 1.29 is 17.6 Å². The van der Waals surface area contributed by atoms with E-state index < -0.39 is 11.9 Å². The molecule has 1 nitrogen and oxygen atoms in total. The molecule has 0 bridgehead atoms. The molecule has 0 aliphatic heterocycles. The predicted molar refractivity (Wildman–Crippen MR) is 22.5 cm³/mol. The van der Waals surface area contributed by atoms with Gasteiger partial charge in [-0.1, -0.05) is 0 Å². The van der Waals surface area contributed by atoms with Gasteiger partial charge in [0.1, 0.15) is 0 Å². The Hall–Kier alpha value is -0.930. The van der Waals surface area contributed by atoms with Crippen molar-refractivity contribution in [3.8, 4) is 0 Å². The third-order valence-electron chi connectivity index (χ3n) is 0.751. The lowest BCUT2D eigenvalue weighted by Crippen LogP contribution is -2.01. The zero-order valence-corrected chi connectivity index (χ0v) is 4.20. The highest BCUT2D eigenvalue weighted by atomic mass is 19.4. The highest BCUT2D eigenvalue weighted by molar-refractivity contribution is 5.00. The molecule has 1 heterocycles. The molecule has 0 amide bonds. The lowest BCUT2D eigenvalue weighted by molar-refractivity contribution is -0.153. The summed E-state index contributed by atoms with van der Waals surface area (Å²) in [6.45, 7) is 0. The number of hydrogen-bond donors (Lipinski definition) is 0. The maximum absolute atomic E-state index is 11.5. The summed E-state index contributed by atoms with van der Waals surface area (Å²) in [5, 5.41) is 0. The SMILES string of the molecule is FC(F)(F)c1cc[c]o1. The first-order chi connectivity index (χ1) is 4.11. The van der Waals surface area contributed by atoms with Gasteiger partial charge in [-0.2, -0.15) is 13.2 Å². The van der Waals surface area contributed by atoms with Crippen LogP contribution in [0.15, 0.2) is 16.5 Å². The van der Waals surface area contributed by atoms with Gasteiger partial charge in [0.05, 0.1) is 0 Å². The lowest BCUT2D eigenvalue weighted by atomic mass is 10.4. The Kier molecular flexibility index (Phi) is 1.23. The van der Waals surface area contributed by atoms with Crippen LogP contribution in [0.5, 0.6) is 0 Å². The zero-order valence-electron chi connectivity index (χ0n) is 4.20. The van der Waals surface area contributed by atoms with Crippen molar-refractivity contribution in [3.63, 3.8) is 0 Å². The molecule has 9 heavy (non-hydrogen) atoms. The minimum Gasteiger partial charge on any atom is -0.448 e. The van der Waals surface area contributed by atoms with E-state index in [1.165, 1.54) is 0 Å². The van der Waals surface area contributed by atoms with E-state index >= 15 is 0 Å². The van der Waals surface area contributed by atoms with Crippen LogP contribution in [0, 0.1) is 6.26 Å². The zero-order chi connectivity index (χ0) is 6.91. The van der Waals surface area contributed by atoms with E-state index in [4.69, 9.17) is 0 Å². The van der Waals surface area contributed by atoms with Crippen molar-refractivity contribution in [2.75, 3.05) is 0 Å². The first-order valence-corrected chi connectivity index (χ1v) is 2.14. The third kappa shape index (κ3) is 1.25. The molecular weight excluding hydrogens is 133 g/mol. The Labute approximate surface area is 49.1 Å². The average Bonchev–Trinajstić information content (AvgIpc) is 2.08. The third-order valence-corrected chi connectivity index (χ3v) is 0.751. The summed E-state index contributed by atoms with van der Waals surface area (Å²) in [5.41, 5.74) is 0. The molecule has 0 unspecified atom stereocenters. The number of furan rings is 1. The van der Waals surface area contributed by atoms with E-state index in [-0.39, 0.29) is 0 Å². The van der Waals surface area contributed by atoms with Gasteiger partial charge >= 0.3 is 6.18 Å². The summed E-state index contributed by atoms with van der Waals surface area (Å²) in [6, 6.07) is 1.89. The largest absolute Gasteiger partial charge is 0.449 e. The second kappa shape index (κ2) is 1.79. The maximum Gasteiger partial charge on any atom is 0.449 e. The molecule has 1 rings (SSSR count). The minimum absolute atomic E-state index is 0.819. The van der Waals surface area contributed by atoms with Crippen molar-refractivity contribution in [1.29, 1.82) is 0 Å². The van der Waals surface area contributed by atoms with Crippen molar-refractivity contribution in [2.24, 2.45) is 0 Å². The molecule has 1 aromatic heterocycles. The molecule has 0 spiro atoms. The van der Waals surface area contributed by atoms with Gasteiger partial charge < -0.3 is 4.42 Å². The smallest absolute Gasteiger partial charge is 0.448 e. The molecular formula is C5H2F3O. The summed E-state index contributed by atoms with van der Waals surface area (Å²) >= 11 is 0. The van der Waals surface area contributed by atoms with Crippen LogP contribution in [0.3, 0.4) is 0 Å². The number of halogens is 3. The van der Waals surface area contributed by atoms with Gasteiger partial charge in [-0.3, -0.25) is 0 Å². The van der Waals surface area contributed by atoms with Gasteiger partial charge in [0, 0.05) is 0 Å². The highest BCUT2D eigenvalue weighted by Crippen LogP contribution is 2.28. The monoisotopic (exact) mass is 135 g/mol. The van der Waals surface area contributed by atoms with Crippen LogP contribution in [0.25, 0.3) is 0 Å². The van der Waals surface area contributed by atoms with Crippen LogP contribution in [-0.2, 0) is 6.18 Å². The van der Waals surface area contributed by atoms with Crippen LogP contribution in [0.1, 0.15) is 5.76 Å². The Morgan fingerprint density at radius 1 is 1.44 bits per heavy atom. The lowest BCUT2D eigenvalue weighted by Gasteiger charge is -1.98. The van der Waals surface area contributed by atoms with Crippen LogP contribution >= 0.6 is 0 Å². The molecule has 0 saturated carbocycles. The summed E-state index contributed by atoms with van der Waals surface area (Å²) in [7, 11) is 0.